The lowest BCUT2D eigenvalue weighted by Gasteiger charge is -2.37. The summed E-state index contributed by atoms with van der Waals surface area (Å²) < 4.78 is 7.09. The van der Waals surface area contributed by atoms with Crippen molar-refractivity contribution in [2.75, 3.05) is 12.3 Å². The Morgan fingerprint density at radius 1 is 1.10 bits per heavy atom. The maximum atomic E-state index is 14.3. The highest BCUT2D eigenvalue weighted by molar-refractivity contribution is 7.21. The van der Waals surface area contributed by atoms with Crippen LogP contribution in [-0.4, -0.2) is 28.4 Å². The summed E-state index contributed by atoms with van der Waals surface area (Å²) in [5, 5.41) is 1.49. The Morgan fingerprint density at radius 3 is 2.56 bits per heavy atom. The third-order valence-corrected chi connectivity index (χ3v) is 9.61. The number of nitrogen functional groups attached to an aromatic ring is 1. The number of carbonyl (C=O) groups is 1. The average molecular weight is 562 g/mol. The molecule has 0 aliphatic heterocycles. The van der Waals surface area contributed by atoms with Crippen LogP contribution in [0.25, 0.3) is 21.2 Å². The summed E-state index contributed by atoms with van der Waals surface area (Å²) in [5.74, 6) is 2.03. The fraction of sp³-hybridized carbons (Fsp3) is 0.375. The molecule has 0 spiro atoms. The van der Waals surface area contributed by atoms with E-state index in [1.54, 1.807) is 0 Å². The number of aryl methyl sites for hydroxylation is 1. The second-order valence-corrected chi connectivity index (χ2v) is 11.8. The molecule has 5 nitrogen and oxygen atoms in total. The monoisotopic (exact) mass is 561 g/mol. The molecule has 0 bridgehead atoms. The number of anilines is 1. The van der Waals surface area contributed by atoms with E-state index in [0.717, 1.165) is 69.8 Å². The van der Waals surface area contributed by atoms with Crippen molar-refractivity contribution in [1.29, 1.82) is 0 Å². The lowest BCUT2D eigenvalue weighted by molar-refractivity contribution is 0.0590. The summed E-state index contributed by atoms with van der Waals surface area (Å²) in [4.78, 5) is 21.4. The molecule has 0 saturated heterocycles. The van der Waals surface area contributed by atoms with Gasteiger partial charge in [0.05, 0.1) is 11.6 Å². The second-order valence-electron chi connectivity index (χ2n) is 10.4. The number of pyridine rings is 1. The standard InChI is InChI=1S/C32H36ClN3O2S/c1-4-21-10-13-24(14-11-21)36(32(37)31-30(33)26-8-6-7-9-28(26)39-31)19-23-18-22(12-16-27(23)38-5-2)25-15-17-29(34)35-20(25)3/h6-9,12,15-18,21,24H,4-5,10-11,13-14,19H2,1-3H3,(H2,34,35)/t21-,24-. The predicted molar refractivity (Wildman–Crippen MR) is 163 cm³/mol. The fourth-order valence-electron chi connectivity index (χ4n) is 5.75. The third kappa shape index (κ3) is 5.78. The van der Waals surface area contributed by atoms with Gasteiger partial charge in [-0.1, -0.05) is 49.2 Å². The van der Waals surface area contributed by atoms with Crippen molar-refractivity contribution >= 4 is 44.7 Å². The van der Waals surface area contributed by atoms with E-state index in [0.29, 0.717) is 28.9 Å². The zero-order valence-corrected chi connectivity index (χ0v) is 24.4. The first-order valence-corrected chi connectivity index (χ1v) is 15.1. The van der Waals surface area contributed by atoms with Crippen LogP contribution < -0.4 is 10.5 Å². The molecule has 2 heterocycles. The Kier molecular flexibility index (Phi) is 8.43. The molecule has 2 aromatic heterocycles. The molecule has 7 heteroatoms. The van der Waals surface area contributed by atoms with Crippen molar-refractivity contribution in [1.82, 2.24) is 9.88 Å². The van der Waals surface area contributed by atoms with Crippen LogP contribution in [0, 0.1) is 12.8 Å². The van der Waals surface area contributed by atoms with Crippen molar-refractivity contribution in [2.24, 2.45) is 5.92 Å². The first-order chi connectivity index (χ1) is 18.9. The molecule has 1 aliphatic rings. The first kappa shape index (κ1) is 27.5. The summed E-state index contributed by atoms with van der Waals surface area (Å²) in [5.41, 5.74) is 9.80. The van der Waals surface area contributed by atoms with E-state index in [-0.39, 0.29) is 11.9 Å². The van der Waals surface area contributed by atoms with Gasteiger partial charge in [-0.3, -0.25) is 4.79 Å². The summed E-state index contributed by atoms with van der Waals surface area (Å²) in [6.45, 7) is 7.21. The minimum absolute atomic E-state index is 0.000619. The molecule has 1 saturated carbocycles. The zero-order valence-electron chi connectivity index (χ0n) is 22.9. The Labute approximate surface area is 240 Å². The summed E-state index contributed by atoms with van der Waals surface area (Å²) in [7, 11) is 0. The normalized spacial score (nSPS) is 17.3. The van der Waals surface area contributed by atoms with Crippen LogP contribution in [0.1, 0.15) is 66.9 Å². The Bertz CT molecular complexity index is 1480. The van der Waals surface area contributed by atoms with Gasteiger partial charge in [0, 0.05) is 39.5 Å². The van der Waals surface area contributed by atoms with E-state index in [2.05, 4.69) is 28.9 Å². The molecule has 0 unspecified atom stereocenters. The minimum Gasteiger partial charge on any atom is -0.494 e. The van der Waals surface area contributed by atoms with Gasteiger partial charge in [0.25, 0.3) is 5.91 Å². The van der Waals surface area contributed by atoms with Crippen LogP contribution in [0.15, 0.2) is 54.6 Å². The molecule has 204 valence electrons. The average Bonchev–Trinajstić information content (AvgIpc) is 3.29. The number of nitrogens with zero attached hydrogens (tertiary/aromatic N) is 2. The van der Waals surface area contributed by atoms with Gasteiger partial charge in [-0.25, -0.2) is 4.98 Å². The molecule has 0 radical (unpaired) electrons. The lowest BCUT2D eigenvalue weighted by Crippen LogP contribution is -2.41. The number of hydrogen-bond acceptors (Lipinski definition) is 5. The SMILES string of the molecule is CCOc1ccc(-c2ccc(N)nc2C)cc1CN(C(=O)c1sc2ccccc2c1Cl)[C@H]1CC[C@H](CC)CC1. The van der Waals surface area contributed by atoms with Crippen molar-refractivity contribution < 1.29 is 9.53 Å². The van der Waals surface area contributed by atoms with E-state index in [1.165, 1.54) is 17.8 Å². The molecule has 0 atom stereocenters. The smallest absolute Gasteiger partial charge is 0.266 e. The van der Waals surface area contributed by atoms with E-state index >= 15 is 0 Å². The van der Waals surface area contributed by atoms with Crippen molar-refractivity contribution in [3.05, 3.63) is 75.8 Å². The van der Waals surface area contributed by atoms with Crippen LogP contribution >= 0.6 is 22.9 Å². The number of fused-ring (bicyclic) bond motifs is 1. The number of nitrogens with two attached hydrogens (primary N) is 1. The third-order valence-electron chi connectivity index (χ3n) is 7.94. The van der Waals surface area contributed by atoms with E-state index in [4.69, 9.17) is 22.1 Å². The summed E-state index contributed by atoms with van der Waals surface area (Å²) >= 11 is 8.30. The van der Waals surface area contributed by atoms with Gasteiger partial charge >= 0.3 is 0 Å². The minimum atomic E-state index is -0.000619. The largest absolute Gasteiger partial charge is 0.494 e. The number of aromatic nitrogens is 1. The van der Waals surface area contributed by atoms with Crippen LogP contribution in [0.5, 0.6) is 5.75 Å². The molecule has 2 N–H and O–H groups in total. The second kappa shape index (κ2) is 12.0. The first-order valence-electron chi connectivity index (χ1n) is 13.9. The van der Waals surface area contributed by atoms with E-state index in [9.17, 15) is 4.79 Å². The van der Waals surface area contributed by atoms with Crippen LogP contribution in [0.4, 0.5) is 5.82 Å². The van der Waals surface area contributed by atoms with Gasteiger partial charge in [0.15, 0.2) is 0 Å². The molecule has 5 rings (SSSR count). The number of halogens is 1. The fourth-order valence-corrected chi connectivity index (χ4v) is 7.22. The molecule has 1 fully saturated rings. The van der Waals surface area contributed by atoms with Crippen molar-refractivity contribution in [2.45, 2.75) is 65.5 Å². The quantitative estimate of drug-likeness (QED) is 0.234. The van der Waals surface area contributed by atoms with Crippen LogP contribution in [0.3, 0.4) is 0 Å². The van der Waals surface area contributed by atoms with E-state index < -0.39 is 0 Å². The molecular weight excluding hydrogens is 526 g/mol. The van der Waals surface area contributed by atoms with Crippen molar-refractivity contribution in [3.63, 3.8) is 0 Å². The molecule has 1 amide bonds. The highest BCUT2D eigenvalue weighted by Crippen LogP contribution is 2.39. The van der Waals surface area contributed by atoms with Gasteiger partial charge in [0.2, 0.25) is 0 Å². The predicted octanol–water partition coefficient (Wildman–Crippen LogP) is 8.52. The summed E-state index contributed by atoms with van der Waals surface area (Å²) in [6, 6.07) is 18.1. The highest BCUT2D eigenvalue weighted by Gasteiger charge is 2.32. The topological polar surface area (TPSA) is 68.5 Å². The molecule has 1 aliphatic carbocycles. The van der Waals surface area contributed by atoms with Gasteiger partial charge in [-0.2, -0.15) is 0 Å². The number of amides is 1. The maximum Gasteiger partial charge on any atom is 0.266 e. The molecular formula is C32H36ClN3O2S. The van der Waals surface area contributed by atoms with Gasteiger partial charge < -0.3 is 15.4 Å². The number of hydrogen-bond donors (Lipinski definition) is 1. The summed E-state index contributed by atoms with van der Waals surface area (Å²) in [6.07, 6.45) is 5.46. The Morgan fingerprint density at radius 2 is 1.87 bits per heavy atom. The van der Waals surface area contributed by atoms with Crippen LogP contribution in [-0.2, 0) is 6.54 Å². The van der Waals surface area contributed by atoms with Gasteiger partial charge in [-0.05, 0) is 81.3 Å². The molecule has 4 aromatic rings. The lowest BCUT2D eigenvalue weighted by atomic mass is 9.83. The van der Waals surface area contributed by atoms with Crippen molar-refractivity contribution in [3.8, 4) is 16.9 Å². The van der Waals surface area contributed by atoms with Crippen LogP contribution in [0.2, 0.25) is 5.02 Å². The number of ether oxygens (including phenoxy) is 1. The number of rotatable bonds is 8. The highest BCUT2D eigenvalue weighted by atomic mass is 35.5. The zero-order chi connectivity index (χ0) is 27.5. The van der Waals surface area contributed by atoms with Gasteiger partial charge in [0.1, 0.15) is 16.4 Å². The molecule has 39 heavy (non-hydrogen) atoms. The Balaban J connectivity index is 1.55. The number of carbonyl (C=O) groups excluding carboxylic acids is 1. The van der Waals surface area contributed by atoms with E-state index in [1.807, 2.05) is 56.3 Å². The number of benzene rings is 2. The molecule has 2 aromatic carbocycles. The van der Waals surface area contributed by atoms with Gasteiger partial charge in [-0.15, -0.1) is 11.3 Å². The maximum absolute atomic E-state index is 14.3. The Hall–Kier alpha value is -3.09. The number of thiophene rings is 1.